The molecule has 2 N–H and O–H groups in total. The highest BCUT2D eigenvalue weighted by molar-refractivity contribution is 6.31. The number of para-hydroxylation sites is 1. The summed E-state index contributed by atoms with van der Waals surface area (Å²) < 4.78 is 5.07. The first-order chi connectivity index (χ1) is 12.1. The minimum atomic E-state index is -0.427. The van der Waals surface area contributed by atoms with Crippen LogP contribution in [-0.2, 0) is 0 Å². The molecule has 1 aromatic heterocycles. The number of rotatable bonds is 4. The van der Waals surface area contributed by atoms with E-state index in [0.29, 0.717) is 22.0 Å². The van der Waals surface area contributed by atoms with Crippen LogP contribution < -0.4 is 10.6 Å². The normalized spacial score (nSPS) is 10.3. The van der Waals surface area contributed by atoms with Crippen molar-refractivity contribution < 1.29 is 14.0 Å². The largest absolute Gasteiger partial charge is 0.459 e. The SMILES string of the molecule is Cc1c(Cl)cccc1NC(=O)c1ccccc1NC(=O)c1ccco1. The molecule has 0 fully saturated rings. The van der Waals surface area contributed by atoms with Crippen molar-refractivity contribution in [2.45, 2.75) is 6.92 Å². The van der Waals surface area contributed by atoms with Crippen LogP contribution in [-0.4, -0.2) is 11.8 Å². The molecule has 126 valence electrons. The number of anilines is 2. The van der Waals surface area contributed by atoms with E-state index in [4.69, 9.17) is 16.0 Å². The van der Waals surface area contributed by atoms with E-state index in [1.165, 1.54) is 6.26 Å². The number of furan rings is 1. The molecule has 3 aromatic rings. The Kier molecular flexibility index (Phi) is 4.86. The summed E-state index contributed by atoms with van der Waals surface area (Å²) in [6.45, 7) is 1.82. The molecule has 0 bridgehead atoms. The maximum Gasteiger partial charge on any atom is 0.291 e. The van der Waals surface area contributed by atoms with Crippen LogP contribution in [0, 0.1) is 6.92 Å². The highest BCUT2D eigenvalue weighted by atomic mass is 35.5. The number of carbonyl (C=O) groups excluding carboxylic acids is 2. The standard InChI is InChI=1S/C19H15ClN2O3/c1-12-14(20)7-4-9-15(12)21-18(23)13-6-2-3-8-16(13)22-19(24)17-10-5-11-25-17/h2-11H,1H3,(H,21,23)(H,22,24). The van der Waals surface area contributed by atoms with E-state index < -0.39 is 5.91 Å². The van der Waals surface area contributed by atoms with E-state index in [0.717, 1.165) is 5.56 Å². The van der Waals surface area contributed by atoms with Crippen LogP contribution in [0.5, 0.6) is 0 Å². The van der Waals surface area contributed by atoms with Gasteiger partial charge in [-0.25, -0.2) is 0 Å². The number of hydrogen-bond acceptors (Lipinski definition) is 3. The van der Waals surface area contributed by atoms with Crippen LogP contribution in [0.15, 0.2) is 65.3 Å². The van der Waals surface area contributed by atoms with Crippen LogP contribution in [0.3, 0.4) is 0 Å². The van der Waals surface area contributed by atoms with Crippen LogP contribution in [0.1, 0.15) is 26.5 Å². The first-order valence-corrected chi connectivity index (χ1v) is 7.94. The van der Waals surface area contributed by atoms with Crippen molar-refractivity contribution in [3.8, 4) is 0 Å². The molecule has 6 heteroatoms. The predicted molar refractivity (Wildman–Crippen MR) is 97.2 cm³/mol. The zero-order chi connectivity index (χ0) is 17.8. The van der Waals surface area contributed by atoms with Crippen LogP contribution in [0.2, 0.25) is 5.02 Å². The third kappa shape index (κ3) is 3.72. The second-order valence-electron chi connectivity index (χ2n) is 5.34. The second-order valence-corrected chi connectivity index (χ2v) is 5.75. The van der Waals surface area contributed by atoms with E-state index in [1.54, 1.807) is 54.6 Å². The summed E-state index contributed by atoms with van der Waals surface area (Å²) >= 11 is 6.08. The molecule has 5 nitrogen and oxygen atoms in total. The molecule has 2 aromatic carbocycles. The number of hydrogen-bond donors (Lipinski definition) is 2. The highest BCUT2D eigenvalue weighted by Crippen LogP contribution is 2.24. The molecule has 2 amide bonds. The Balaban J connectivity index is 1.84. The van der Waals surface area contributed by atoms with Gasteiger partial charge in [0.1, 0.15) is 0 Å². The van der Waals surface area contributed by atoms with Crippen molar-refractivity contribution in [1.29, 1.82) is 0 Å². The molecule has 25 heavy (non-hydrogen) atoms. The van der Waals surface area contributed by atoms with Crippen molar-refractivity contribution in [1.82, 2.24) is 0 Å². The van der Waals surface area contributed by atoms with E-state index in [-0.39, 0.29) is 11.7 Å². The second kappa shape index (κ2) is 7.23. The highest BCUT2D eigenvalue weighted by Gasteiger charge is 2.16. The van der Waals surface area contributed by atoms with Crippen LogP contribution in [0.4, 0.5) is 11.4 Å². The summed E-state index contributed by atoms with van der Waals surface area (Å²) in [7, 11) is 0. The fourth-order valence-electron chi connectivity index (χ4n) is 2.31. The lowest BCUT2D eigenvalue weighted by atomic mass is 10.1. The van der Waals surface area contributed by atoms with Gasteiger partial charge in [-0.05, 0) is 48.9 Å². The Morgan fingerprint density at radius 2 is 1.60 bits per heavy atom. The topological polar surface area (TPSA) is 71.3 Å². The van der Waals surface area contributed by atoms with Crippen molar-refractivity contribution in [3.63, 3.8) is 0 Å². The fourth-order valence-corrected chi connectivity index (χ4v) is 2.49. The Labute approximate surface area is 149 Å². The minimum Gasteiger partial charge on any atom is -0.459 e. The molecule has 0 spiro atoms. The van der Waals surface area contributed by atoms with Gasteiger partial charge >= 0.3 is 0 Å². The fraction of sp³-hybridized carbons (Fsp3) is 0.0526. The summed E-state index contributed by atoms with van der Waals surface area (Å²) in [5, 5.41) is 6.07. The predicted octanol–water partition coefficient (Wildman–Crippen LogP) is 4.75. The molecule has 0 aliphatic heterocycles. The molecule has 3 rings (SSSR count). The molecular weight excluding hydrogens is 340 g/mol. The summed E-state index contributed by atoms with van der Waals surface area (Å²) in [6, 6.07) is 15.2. The molecule has 0 saturated carbocycles. The zero-order valence-electron chi connectivity index (χ0n) is 13.4. The Morgan fingerprint density at radius 3 is 2.36 bits per heavy atom. The molecule has 0 aliphatic carbocycles. The number of carbonyl (C=O) groups is 2. The Bertz CT molecular complexity index is 920. The smallest absolute Gasteiger partial charge is 0.291 e. The number of benzene rings is 2. The van der Waals surface area contributed by atoms with Gasteiger partial charge in [0.05, 0.1) is 17.5 Å². The summed E-state index contributed by atoms with van der Waals surface area (Å²) in [5.41, 5.74) is 2.11. The molecule has 1 heterocycles. The molecular formula is C19H15ClN2O3. The maximum atomic E-state index is 12.6. The molecule has 0 aliphatic rings. The molecule has 0 atom stereocenters. The first kappa shape index (κ1) is 16.8. The van der Waals surface area contributed by atoms with E-state index in [2.05, 4.69) is 10.6 Å². The summed E-state index contributed by atoms with van der Waals surface area (Å²) in [5.74, 6) is -0.606. The summed E-state index contributed by atoms with van der Waals surface area (Å²) in [4.78, 5) is 24.8. The Hall–Kier alpha value is -3.05. The first-order valence-electron chi connectivity index (χ1n) is 7.56. The van der Waals surface area contributed by atoms with E-state index >= 15 is 0 Å². The third-order valence-electron chi connectivity index (χ3n) is 3.68. The van der Waals surface area contributed by atoms with Gasteiger partial charge in [-0.3, -0.25) is 9.59 Å². The number of halogens is 1. The van der Waals surface area contributed by atoms with Crippen molar-refractivity contribution in [3.05, 3.63) is 82.8 Å². The van der Waals surface area contributed by atoms with E-state index in [1.807, 2.05) is 6.92 Å². The molecule has 0 radical (unpaired) electrons. The lowest BCUT2D eigenvalue weighted by molar-refractivity contribution is 0.0996. The van der Waals surface area contributed by atoms with E-state index in [9.17, 15) is 9.59 Å². The van der Waals surface area contributed by atoms with Gasteiger partial charge in [0.25, 0.3) is 11.8 Å². The lowest BCUT2D eigenvalue weighted by Gasteiger charge is -2.12. The Morgan fingerprint density at radius 1 is 0.880 bits per heavy atom. The monoisotopic (exact) mass is 354 g/mol. The van der Waals surface area contributed by atoms with Crippen molar-refractivity contribution in [2.24, 2.45) is 0 Å². The van der Waals surface area contributed by atoms with Crippen molar-refractivity contribution in [2.75, 3.05) is 10.6 Å². The van der Waals surface area contributed by atoms with Gasteiger partial charge in [-0.15, -0.1) is 0 Å². The van der Waals surface area contributed by atoms with Crippen LogP contribution >= 0.6 is 11.6 Å². The van der Waals surface area contributed by atoms with Gasteiger partial charge in [0.15, 0.2) is 5.76 Å². The average Bonchev–Trinajstić information content (AvgIpc) is 3.14. The molecule has 0 saturated heterocycles. The third-order valence-corrected chi connectivity index (χ3v) is 4.09. The van der Waals surface area contributed by atoms with Crippen LogP contribution in [0.25, 0.3) is 0 Å². The quantitative estimate of drug-likeness (QED) is 0.710. The zero-order valence-corrected chi connectivity index (χ0v) is 14.1. The lowest BCUT2D eigenvalue weighted by Crippen LogP contribution is -2.18. The summed E-state index contributed by atoms with van der Waals surface area (Å²) in [6.07, 6.45) is 1.41. The minimum absolute atomic E-state index is 0.167. The van der Waals surface area contributed by atoms with Gasteiger partial charge in [-0.1, -0.05) is 29.8 Å². The van der Waals surface area contributed by atoms with Crippen molar-refractivity contribution >= 4 is 34.8 Å². The van der Waals surface area contributed by atoms with Gasteiger partial charge in [0, 0.05) is 10.7 Å². The van der Waals surface area contributed by atoms with Gasteiger partial charge < -0.3 is 15.1 Å². The maximum absolute atomic E-state index is 12.6. The molecule has 0 unspecified atom stereocenters. The number of amides is 2. The van der Waals surface area contributed by atoms with Gasteiger partial charge in [0.2, 0.25) is 0 Å². The average molecular weight is 355 g/mol. The number of nitrogens with one attached hydrogen (secondary N) is 2. The van der Waals surface area contributed by atoms with Gasteiger partial charge in [-0.2, -0.15) is 0 Å².